The molecule has 11 heteroatoms. The first-order valence-electron chi connectivity index (χ1n) is 9.18. The van der Waals surface area contributed by atoms with E-state index in [9.17, 15) is 22.4 Å². The molecule has 0 atom stereocenters. The van der Waals surface area contributed by atoms with Gasteiger partial charge in [0.2, 0.25) is 11.8 Å². The molecule has 0 unspecified atom stereocenters. The standard InChI is InChI=1S/C19H17F4N5O2/c20-18(21)19(22,23)10-30-15-4-1-11(7-25-15)8-28-9-13-14(27-28)5-6-24-16(13)26-17(29)12-2-3-12/h1,4-7,9,12,18H,2-3,8,10H2,(H,24,26,29). The molecule has 158 valence electrons. The predicted molar refractivity (Wildman–Crippen MR) is 98.7 cm³/mol. The van der Waals surface area contributed by atoms with Crippen molar-refractivity contribution in [3.05, 3.63) is 42.4 Å². The number of anilines is 1. The number of halogens is 4. The van der Waals surface area contributed by atoms with E-state index in [4.69, 9.17) is 0 Å². The van der Waals surface area contributed by atoms with Crippen LogP contribution in [0, 0.1) is 5.92 Å². The van der Waals surface area contributed by atoms with Crippen molar-refractivity contribution in [2.75, 3.05) is 11.9 Å². The number of pyridine rings is 2. The number of hydrogen-bond acceptors (Lipinski definition) is 5. The molecular formula is C19H17F4N5O2. The van der Waals surface area contributed by atoms with E-state index in [-0.39, 0.29) is 17.7 Å². The Hall–Kier alpha value is -3.24. The van der Waals surface area contributed by atoms with Crippen LogP contribution in [0.1, 0.15) is 18.4 Å². The van der Waals surface area contributed by atoms with Crippen LogP contribution in [0.2, 0.25) is 0 Å². The first-order chi connectivity index (χ1) is 14.3. The zero-order valence-electron chi connectivity index (χ0n) is 15.6. The van der Waals surface area contributed by atoms with E-state index in [1.54, 1.807) is 29.2 Å². The molecule has 30 heavy (non-hydrogen) atoms. The number of aromatic nitrogens is 4. The fourth-order valence-electron chi connectivity index (χ4n) is 2.75. The Morgan fingerprint density at radius 1 is 1.27 bits per heavy atom. The Kier molecular flexibility index (Phi) is 5.27. The van der Waals surface area contributed by atoms with Crippen molar-refractivity contribution in [1.82, 2.24) is 19.7 Å². The lowest BCUT2D eigenvalue weighted by Crippen LogP contribution is -2.33. The van der Waals surface area contributed by atoms with Crippen LogP contribution in [0.25, 0.3) is 10.9 Å². The quantitative estimate of drug-likeness (QED) is 0.561. The SMILES string of the molecule is O=C(Nc1nccc2nn(Cc3ccc(OCC(F)(F)C(F)F)nc3)cc12)C1CC1. The molecule has 3 aromatic heterocycles. The summed E-state index contributed by atoms with van der Waals surface area (Å²) in [6.45, 7) is -1.14. The molecule has 0 spiro atoms. The summed E-state index contributed by atoms with van der Waals surface area (Å²) in [6, 6.07) is 4.61. The van der Waals surface area contributed by atoms with Crippen molar-refractivity contribution >= 4 is 22.6 Å². The number of carbonyl (C=O) groups is 1. The maximum atomic E-state index is 12.9. The minimum atomic E-state index is -4.24. The van der Waals surface area contributed by atoms with Gasteiger partial charge in [0.1, 0.15) is 5.82 Å². The highest BCUT2D eigenvalue weighted by molar-refractivity contribution is 6.00. The highest BCUT2D eigenvalue weighted by Crippen LogP contribution is 2.31. The summed E-state index contributed by atoms with van der Waals surface area (Å²) in [4.78, 5) is 20.1. The molecule has 0 aliphatic heterocycles. The summed E-state index contributed by atoms with van der Waals surface area (Å²) >= 11 is 0. The highest BCUT2D eigenvalue weighted by Gasteiger charge is 2.41. The normalized spacial score (nSPS) is 14.3. The van der Waals surface area contributed by atoms with E-state index < -0.39 is 19.0 Å². The van der Waals surface area contributed by atoms with E-state index in [1.807, 2.05) is 0 Å². The average Bonchev–Trinajstić information content (AvgIpc) is 3.48. The van der Waals surface area contributed by atoms with E-state index in [2.05, 4.69) is 25.1 Å². The van der Waals surface area contributed by atoms with E-state index in [0.29, 0.717) is 28.8 Å². The minimum absolute atomic E-state index is 0.0459. The number of amides is 1. The smallest absolute Gasteiger partial charge is 0.340 e. The molecule has 0 aromatic carbocycles. The van der Waals surface area contributed by atoms with Crippen LogP contribution in [0.3, 0.4) is 0 Å². The molecule has 1 aliphatic rings. The Morgan fingerprint density at radius 3 is 2.73 bits per heavy atom. The van der Waals surface area contributed by atoms with Gasteiger partial charge in [-0.3, -0.25) is 9.48 Å². The van der Waals surface area contributed by atoms with Gasteiger partial charge in [0, 0.05) is 30.6 Å². The van der Waals surface area contributed by atoms with Gasteiger partial charge < -0.3 is 10.1 Å². The van der Waals surface area contributed by atoms with Gasteiger partial charge in [-0.1, -0.05) is 6.07 Å². The molecule has 4 rings (SSSR count). The number of ether oxygens (including phenoxy) is 1. The average molecular weight is 423 g/mol. The van der Waals surface area contributed by atoms with Gasteiger partial charge in [-0.15, -0.1) is 0 Å². The highest BCUT2D eigenvalue weighted by atomic mass is 19.3. The molecule has 1 saturated carbocycles. The summed E-state index contributed by atoms with van der Waals surface area (Å²) in [5.74, 6) is -3.99. The molecule has 1 aliphatic carbocycles. The van der Waals surface area contributed by atoms with Crippen molar-refractivity contribution in [2.45, 2.75) is 31.7 Å². The Bertz CT molecular complexity index is 1050. The van der Waals surface area contributed by atoms with Crippen molar-refractivity contribution in [3.63, 3.8) is 0 Å². The molecule has 0 radical (unpaired) electrons. The zero-order valence-corrected chi connectivity index (χ0v) is 15.6. The number of nitrogens with one attached hydrogen (secondary N) is 1. The lowest BCUT2D eigenvalue weighted by Gasteiger charge is -2.15. The lowest BCUT2D eigenvalue weighted by molar-refractivity contribution is -0.148. The molecule has 0 bridgehead atoms. The minimum Gasteiger partial charge on any atom is -0.471 e. The van der Waals surface area contributed by atoms with Gasteiger partial charge in [-0.05, 0) is 24.5 Å². The third kappa shape index (κ3) is 4.50. The maximum Gasteiger partial charge on any atom is 0.340 e. The zero-order chi connectivity index (χ0) is 21.3. The van der Waals surface area contributed by atoms with Crippen LogP contribution >= 0.6 is 0 Å². The van der Waals surface area contributed by atoms with Crippen LogP contribution in [0.4, 0.5) is 23.4 Å². The molecule has 1 N–H and O–H groups in total. The van der Waals surface area contributed by atoms with Crippen LogP contribution < -0.4 is 10.1 Å². The third-order valence-corrected chi connectivity index (χ3v) is 4.55. The molecule has 7 nitrogen and oxygen atoms in total. The Labute approximate surface area is 168 Å². The molecule has 3 aromatic rings. The number of rotatable bonds is 8. The summed E-state index contributed by atoms with van der Waals surface area (Å²) < 4.78 is 56.4. The summed E-state index contributed by atoms with van der Waals surface area (Å²) in [7, 11) is 0. The molecule has 1 amide bonds. The van der Waals surface area contributed by atoms with Gasteiger partial charge in [0.05, 0.1) is 17.4 Å². The lowest BCUT2D eigenvalue weighted by atomic mass is 10.3. The van der Waals surface area contributed by atoms with E-state index in [0.717, 1.165) is 12.8 Å². The fraction of sp³-hybridized carbons (Fsp3) is 0.368. The first kappa shape index (κ1) is 20.0. The predicted octanol–water partition coefficient (Wildman–Crippen LogP) is 3.50. The molecule has 3 heterocycles. The summed E-state index contributed by atoms with van der Waals surface area (Å²) in [5.41, 5.74) is 1.34. The monoisotopic (exact) mass is 423 g/mol. The second-order valence-corrected chi connectivity index (χ2v) is 7.04. The largest absolute Gasteiger partial charge is 0.471 e. The molecular weight excluding hydrogens is 406 g/mol. The number of nitrogens with zero attached hydrogens (tertiary/aromatic N) is 4. The van der Waals surface area contributed by atoms with E-state index >= 15 is 0 Å². The Morgan fingerprint density at radius 2 is 2.07 bits per heavy atom. The van der Waals surface area contributed by atoms with Crippen LogP contribution in [-0.2, 0) is 11.3 Å². The van der Waals surface area contributed by atoms with Crippen molar-refractivity contribution < 1.29 is 27.1 Å². The van der Waals surface area contributed by atoms with Gasteiger partial charge in [-0.25, -0.2) is 18.7 Å². The Balaban J connectivity index is 1.43. The summed E-state index contributed by atoms with van der Waals surface area (Å²) in [6.07, 6.45) is 2.64. The van der Waals surface area contributed by atoms with Crippen molar-refractivity contribution in [2.24, 2.45) is 5.92 Å². The van der Waals surface area contributed by atoms with Crippen molar-refractivity contribution in [1.29, 1.82) is 0 Å². The van der Waals surface area contributed by atoms with Gasteiger partial charge in [0.25, 0.3) is 0 Å². The second kappa shape index (κ2) is 7.88. The summed E-state index contributed by atoms with van der Waals surface area (Å²) in [5, 5.41) is 7.94. The van der Waals surface area contributed by atoms with Crippen LogP contribution in [0.5, 0.6) is 5.88 Å². The number of alkyl halides is 4. The fourth-order valence-corrected chi connectivity index (χ4v) is 2.75. The second-order valence-electron chi connectivity index (χ2n) is 7.04. The van der Waals surface area contributed by atoms with Crippen LogP contribution in [0.15, 0.2) is 36.8 Å². The maximum absolute atomic E-state index is 12.9. The first-order valence-corrected chi connectivity index (χ1v) is 9.18. The van der Waals surface area contributed by atoms with Gasteiger partial charge >= 0.3 is 12.3 Å². The molecule has 1 fully saturated rings. The number of fused-ring (bicyclic) bond motifs is 1. The molecule has 0 saturated heterocycles. The van der Waals surface area contributed by atoms with Crippen molar-refractivity contribution in [3.8, 4) is 5.88 Å². The number of hydrogen-bond donors (Lipinski definition) is 1. The number of carbonyl (C=O) groups excluding carboxylic acids is 1. The third-order valence-electron chi connectivity index (χ3n) is 4.55. The van der Waals surface area contributed by atoms with Gasteiger partial charge in [-0.2, -0.15) is 13.9 Å². The van der Waals surface area contributed by atoms with Gasteiger partial charge in [0.15, 0.2) is 6.61 Å². The topological polar surface area (TPSA) is 81.9 Å². The van der Waals surface area contributed by atoms with Crippen LogP contribution in [-0.4, -0.2) is 44.6 Å². The van der Waals surface area contributed by atoms with E-state index in [1.165, 1.54) is 12.3 Å².